The molecular weight excluding hydrogens is 290 g/mol. The second-order valence-corrected chi connectivity index (χ2v) is 6.29. The average Bonchev–Trinajstić information content (AvgIpc) is 2.41. The third-order valence-corrected chi connectivity index (χ3v) is 3.32. The molecule has 2 amide bonds. The third kappa shape index (κ3) is 5.01. The molecule has 0 aliphatic heterocycles. The van der Waals surface area contributed by atoms with Crippen molar-refractivity contribution >= 4 is 23.4 Å². The molecule has 0 radical (unpaired) electrons. The van der Waals surface area contributed by atoms with Gasteiger partial charge in [0.1, 0.15) is 5.15 Å². The van der Waals surface area contributed by atoms with Crippen LogP contribution in [-0.2, 0) is 10.2 Å². The van der Waals surface area contributed by atoms with E-state index in [2.05, 4.69) is 10.3 Å². The van der Waals surface area contributed by atoms with Crippen LogP contribution in [0.3, 0.4) is 0 Å². The molecule has 0 unspecified atom stereocenters. The van der Waals surface area contributed by atoms with E-state index in [1.165, 1.54) is 6.07 Å². The first-order chi connectivity index (χ1) is 9.65. The van der Waals surface area contributed by atoms with Gasteiger partial charge in [0, 0.05) is 30.3 Å². The van der Waals surface area contributed by atoms with Crippen molar-refractivity contribution in [1.82, 2.24) is 15.2 Å². The van der Waals surface area contributed by atoms with Crippen LogP contribution in [-0.4, -0.2) is 41.8 Å². The van der Waals surface area contributed by atoms with E-state index in [1.54, 1.807) is 18.0 Å². The molecule has 1 aromatic heterocycles. The summed E-state index contributed by atoms with van der Waals surface area (Å²) in [7, 11) is 1.69. The number of rotatable bonds is 4. The average molecular weight is 312 g/mol. The highest BCUT2D eigenvalue weighted by atomic mass is 35.5. The predicted octanol–water partition coefficient (Wildman–Crippen LogP) is 2.24. The van der Waals surface area contributed by atoms with Gasteiger partial charge in [-0.25, -0.2) is 4.98 Å². The van der Waals surface area contributed by atoms with Crippen molar-refractivity contribution in [3.05, 3.63) is 28.5 Å². The maximum Gasteiger partial charge on any atom is 0.251 e. The fourth-order valence-electron chi connectivity index (χ4n) is 1.58. The van der Waals surface area contributed by atoms with Crippen LogP contribution in [0.4, 0.5) is 0 Å². The molecule has 0 aromatic carbocycles. The van der Waals surface area contributed by atoms with Crippen molar-refractivity contribution in [2.45, 2.75) is 33.1 Å². The molecule has 5 nitrogen and oxygen atoms in total. The molecule has 0 fully saturated rings. The maximum absolute atomic E-state index is 12.1. The minimum absolute atomic E-state index is 0.0338. The fourth-order valence-corrected chi connectivity index (χ4v) is 1.79. The van der Waals surface area contributed by atoms with E-state index in [-0.39, 0.29) is 28.9 Å². The minimum atomic E-state index is -0.331. The van der Waals surface area contributed by atoms with Crippen molar-refractivity contribution < 1.29 is 9.59 Å². The van der Waals surface area contributed by atoms with Gasteiger partial charge in [-0.2, -0.15) is 0 Å². The number of carbonyl (C=O) groups excluding carboxylic acids is 2. The van der Waals surface area contributed by atoms with Gasteiger partial charge in [0.05, 0.1) is 6.54 Å². The normalized spacial score (nSPS) is 11.1. The lowest BCUT2D eigenvalue weighted by Gasteiger charge is -2.19. The Morgan fingerprint density at radius 2 is 1.95 bits per heavy atom. The Bertz CT molecular complexity index is 538. The molecule has 0 atom stereocenters. The monoisotopic (exact) mass is 311 g/mol. The van der Waals surface area contributed by atoms with Gasteiger partial charge in [-0.3, -0.25) is 9.59 Å². The molecule has 0 bridgehead atoms. The van der Waals surface area contributed by atoms with Gasteiger partial charge < -0.3 is 10.2 Å². The number of pyridine rings is 1. The first-order valence-corrected chi connectivity index (χ1v) is 7.23. The van der Waals surface area contributed by atoms with Crippen LogP contribution in [0.15, 0.2) is 12.1 Å². The lowest BCUT2D eigenvalue weighted by molar-refractivity contribution is -0.128. The Hall–Kier alpha value is -1.62. The van der Waals surface area contributed by atoms with Crippen molar-refractivity contribution in [3.8, 4) is 0 Å². The fraction of sp³-hybridized carbons (Fsp3) is 0.533. The molecule has 21 heavy (non-hydrogen) atoms. The van der Waals surface area contributed by atoms with Crippen molar-refractivity contribution in [2.24, 2.45) is 0 Å². The van der Waals surface area contributed by atoms with E-state index >= 15 is 0 Å². The van der Waals surface area contributed by atoms with Gasteiger partial charge in [0.15, 0.2) is 0 Å². The highest BCUT2D eigenvalue weighted by molar-refractivity contribution is 6.29. The zero-order valence-electron chi connectivity index (χ0n) is 13.2. The van der Waals surface area contributed by atoms with Crippen LogP contribution in [0.25, 0.3) is 0 Å². The maximum atomic E-state index is 12.1. The molecule has 0 saturated carbocycles. The summed E-state index contributed by atoms with van der Waals surface area (Å²) < 4.78 is 0. The summed E-state index contributed by atoms with van der Waals surface area (Å²) in [5.74, 6) is -0.468. The number of nitrogens with one attached hydrogen (secondary N) is 1. The number of amides is 2. The number of likely N-dealkylation sites (N-methyl/N-ethyl adjacent to an activating group) is 1. The molecule has 1 heterocycles. The van der Waals surface area contributed by atoms with Gasteiger partial charge in [0.2, 0.25) is 5.91 Å². The van der Waals surface area contributed by atoms with Crippen LogP contribution >= 0.6 is 11.6 Å². The standard InChI is InChI=1S/C15H22ClN3O2/c1-6-19(5)13(20)9-17-14(21)10-7-11(15(2,3)4)18-12(16)8-10/h7-8H,6,9H2,1-5H3,(H,17,21). The first kappa shape index (κ1) is 17.4. The van der Waals surface area contributed by atoms with Crippen molar-refractivity contribution in [1.29, 1.82) is 0 Å². The quantitative estimate of drug-likeness (QED) is 0.867. The van der Waals surface area contributed by atoms with Crippen LogP contribution in [0.2, 0.25) is 5.15 Å². The van der Waals surface area contributed by atoms with Gasteiger partial charge >= 0.3 is 0 Å². The number of aromatic nitrogens is 1. The van der Waals surface area contributed by atoms with Crippen LogP contribution in [0.5, 0.6) is 0 Å². The number of halogens is 1. The highest BCUT2D eigenvalue weighted by Crippen LogP contribution is 2.23. The summed E-state index contributed by atoms with van der Waals surface area (Å²) in [6.45, 7) is 8.42. The topological polar surface area (TPSA) is 62.3 Å². The van der Waals surface area contributed by atoms with E-state index in [0.29, 0.717) is 12.1 Å². The van der Waals surface area contributed by atoms with Gasteiger partial charge in [0.25, 0.3) is 5.91 Å². The van der Waals surface area contributed by atoms with E-state index in [9.17, 15) is 9.59 Å². The second kappa shape index (κ2) is 6.89. The van der Waals surface area contributed by atoms with Crippen LogP contribution in [0.1, 0.15) is 43.7 Å². The molecule has 1 N–H and O–H groups in total. The molecule has 0 aliphatic rings. The molecule has 116 valence electrons. The molecule has 0 spiro atoms. The van der Waals surface area contributed by atoms with Crippen molar-refractivity contribution in [2.75, 3.05) is 20.1 Å². The number of hydrogen-bond acceptors (Lipinski definition) is 3. The van der Waals surface area contributed by atoms with Crippen LogP contribution in [0, 0.1) is 0 Å². The van der Waals surface area contributed by atoms with E-state index < -0.39 is 0 Å². The summed E-state index contributed by atoms with van der Waals surface area (Å²) in [5, 5.41) is 2.87. The predicted molar refractivity (Wildman–Crippen MR) is 83.6 cm³/mol. The second-order valence-electron chi connectivity index (χ2n) is 5.90. The summed E-state index contributed by atoms with van der Waals surface area (Å²) >= 11 is 5.97. The summed E-state index contributed by atoms with van der Waals surface area (Å²) in [5.41, 5.74) is 0.932. The van der Waals surface area contributed by atoms with Gasteiger partial charge in [-0.15, -0.1) is 0 Å². The lowest BCUT2D eigenvalue weighted by atomic mass is 9.91. The minimum Gasteiger partial charge on any atom is -0.345 e. The molecule has 1 rings (SSSR count). The number of carbonyl (C=O) groups is 2. The van der Waals surface area contributed by atoms with Crippen molar-refractivity contribution in [3.63, 3.8) is 0 Å². The van der Waals surface area contributed by atoms with Gasteiger partial charge in [-0.1, -0.05) is 32.4 Å². The smallest absolute Gasteiger partial charge is 0.251 e. The summed E-state index contributed by atoms with van der Waals surface area (Å²) in [4.78, 5) is 29.6. The lowest BCUT2D eigenvalue weighted by Crippen LogP contribution is -2.38. The van der Waals surface area contributed by atoms with Gasteiger partial charge in [-0.05, 0) is 19.1 Å². The van der Waals surface area contributed by atoms with Crippen LogP contribution < -0.4 is 5.32 Å². The Labute approximate surface area is 130 Å². The Morgan fingerprint density at radius 3 is 2.48 bits per heavy atom. The zero-order valence-corrected chi connectivity index (χ0v) is 13.9. The Balaban J connectivity index is 2.84. The molecule has 0 saturated heterocycles. The molecule has 6 heteroatoms. The number of nitrogens with zero attached hydrogens (tertiary/aromatic N) is 2. The highest BCUT2D eigenvalue weighted by Gasteiger charge is 2.19. The van der Waals surface area contributed by atoms with E-state index in [1.807, 2.05) is 27.7 Å². The first-order valence-electron chi connectivity index (χ1n) is 6.85. The zero-order chi connectivity index (χ0) is 16.2. The van der Waals surface area contributed by atoms with E-state index in [0.717, 1.165) is 5.69 Å². The molecule has 1 aromatic rings. The summed E-state index contributed by atoms with van der Waals surface area (Å²) in [6, 6.07) is 3.20. The molecule has 0 aliphatic carbocycles. The molecular formula is C15H22ClN3O2. The summed E-state index contributed by atoms with van der Waals surface area (Å²) in [6.07, 6.45) is 0. The Kier molecular flexibility index (Phi) is 5.72. The largest absolute Gasteiger partial charge is 0.345 e. The van der Waals surface area contributed by atoms with E-state index in [4.69, 9.17) is 11.6 Å². The third-order valence-electron chi connectivity index (χ3n) is 3.12. The Morgan fingerprint density at radius 1 is 1.33 bits per heavy atom. The SMILES string of the molecule is CCN(C)C(=O)CNC(=O)c1cc(Cl)nc(C(C)(C)C)c1. The number of hydrogen-bond donors (Lipinski definition) is 1.